The van der Waals surface area contributed by atoms with E-state index >= 15 is 0 Å². The van der Waals surface area contributed by atoms with Gasteiger partial charge in [-0.05, 0) is 28.9 Å². The lowest BCUT2D eigenvalue weighted by molar-refractivity contribution is 0.0935. The predicted octanol–water partition coefficient (Wildman–Crippen LogP) is 1.16. The zero-order chi connectivity index (χ0) is 13.3. The Morgan fingerprint density at radius 1 is 1.72 bits per heavy atom. The maximum absolute atomic E-state index is 12.4. The van der Waals surface area contributed by atoms with Crippen molar-refractivity contribution in [3.05, 3.63) is 22.3 Å². The number of halogens is 2. The summed E-state index contributed by atoms with van der Waals surface area (Å²) in [5.74, 6) is -0.348. The smallest absolute Gasteiger partial charge is 0.255 e. The van der Waals surface area contributed by atoms with Crippen LogP contribution in [0.3, 0.4) is 0 Å². The minimum Gasteiger partial charge on any atom is -0.366 e. The van der Waals surface area contributed by atoms with E-state index in [1.807, 2.05) is 0 Å². The summed E-state index contributed by atoms with van der Waals surface area (Å²) in [5, 5.41) is 6.43. The summed E-state index contributed by atoms with van der Waals surface area (Å²) in [6.45, 7) is 0.941. The van der Waals surface area contributed by atoms with E-state index in [1.54, 1.807) is 19.2 Å². The molecule has 0 spiro atoms. The summed E-state index contributed by atoms with van der Waals surface area (Å²) in [6, 6.07) is 1.03. The van der Waals surface area contributed by atoms with Crippen LogP contribution in [0.25, 0.3) is 5.65 Å². The maximum Gasteiger partial charge on any atom is 0.255 e. The largest absolute Gasteiger partial charge is 0.366 e. The minimum atomic E-state index is -0.634. The highest BCUT2D eigenvalue weighted by Gasteiger charge is 2.16. The standard InChI is InChI=1S/C10H11BrFN5O/c1-5(3-12)14-9(18)7-2-6(11)4-17-8(7)15-10(13)16-17/h2,4-5H,3H2,1H3,(H2,13,16)(H,14,18). The molecule has 8 heteroatoms. The van der Waals surface area contributed by atoms with Crippen LogP contribution in [-0.2, 0) is 0 Å². The lowest BCUT2D eigenvalue weighted by Crippen LogP contribution is -2.34. The number of aromatic nitrogens is 3. The fraction of sp³-hybridized carbons (Fsp3) is 0.300. The molecule has 1 unspecified atom stereocenters. The lowest BCUT2D eigenvalue weighted by Gasteiger charge is -2.10. The van der Waals surface area contributed by atoms with Gasteiger partial charge in [-0.1, -0.05) is 0 Å². The molecule has 2 rings (SSSR count). The molecule has 0 aliphatic rings. The van der Waals surface area contributed by atoms with Crippen molar-refractivity contribution < 1.29 is 9.18 Å². The third kappa shape index (κ3) is 2.42. The molecule has 6 nitrogen and oxygen atoms in total. The molecule has 18 heavy (non-hydrogen) atoms. The number of anilines is 1. The second-order valence-corrected chi connectivity index (χ2v) is 4.75. The van der Waals surface area contributed by atoms with E-state index < -0.39 is 18.6 Å². The molecule has 0 bridgehead atoms. The summed E-state index contributed by atoms with van der Waals surface area (Å²) >= 11 is 3.26. The van der Waals surface area contributed by atoms with E-state index in [-0.39, 0.29) is 11.5 Å². The average molecular weight is 316 g/mol. The van der Waals surface area contributed by atoms with Crippen LogP contribution >= 0.6 is 15.9 Å². The van der Waals surface area contributed by atoms with Gasteiger partial charge in [0.15, 0.2) is 5.65 Å². The zero-order valence-corrected chi connectivity index (χ0v) is 11.1. The number of carbonyl (C=O) groups excluding carboxylic acids is 1. The molecule has 1 amide bonds. The van der Waals surface area contributed by atoms with E-state index in [0.29, 0.717) is 10.1 Å². The Labute approximate surface area is 111 Å². The van der Waals surface area contributed by atoms with Gasteiger partial charge in [0, 0.05) is 10.7 Å². The number of nitrogens with two attached hydrogens (primary N) is 1. The van der Waals surface area contributed by atoms with Gasteiger partial charge < -0.3 is 11.1 Å². The Hall–Kier alpha value is -1.70. The lowest BCUT2D eigenvalue weighted by atomic mass is 10.2. The number of pyridine rings is 1. The zero-order valence-electron chi connectivity index (χ0n) is 9.52. The first-order valence-electron chi connectivity index (χ1n) is 5.19. The van der Waals surface area contributed by atoms with Gasteiger partial charge in [-0.25, -0.2) is 8.91 Å². The predicted molar refractivity (Wildman–Crippen MR) is 68.0 cm³/mol. The van der Waals surface area contributed by atoms with Crippen LogP contribution in [0.1, 0.15) is 17.3 Å². The van der Waals surface area contributed by atoms with Crippen molar-refractivity contribution in [3.63, 3.8) is 0 Å². The minimum absolute atomic E-state index is 0.0701. The number of carbonyl (C=O) groups is 1. The monoisotopic (exact) mass is 315 g/mol. The number of amides is 1. The van der Waals surface area contributed by atoms with Gasteiger partial charge in [0.25, 0.3) is 5.91 Å². The molecule has 0 saturated heterocycles. The Morgan fingerprint density at radius 2 is 2.44 bits per heavy atom. The number of fused-ring (bicyclic) bond motifs is 1. The van der Waals surface area contributed by atoms with E-state index in [9.17, 15) is 9.18 Å². The molecule has 3 N–H and O–H groups in total. The third-order valence-corrected chi connectivity index (χ3v) is 2.70. The van der Waals surface area contributed by atoms with Crippen LogP contribution in [0.5, 0.6) is 0 Å². The fourth-order valence-electron chi connectivity index (χ4n) is 1.48. The third-order valence-electron chi connectivity index (χ3n) is 2.27. The summed E-state index contributed by atoms with van der Waals surface area (Å²) in [6.07, 6.45) is 1.63. The normalized spacial score (nSPS) is 12.6. The second-order valence-electron chi connectivity index (χ2n) is 3.84. The highest BCUT2D eigenvalue weighted by Crippen LogP contribution is 2.17. The number of alkyl halides is 1. The van der Waals surface area contributed by atoms with Gasteiger partial charge in [-0.3, -0.25) is 4.79 Å². The number of rotatable bonds is 3. The Balaban J connectivity index is 2.45. The van der Waals surface area contributed by atoms with Crippen LogP contribution in [-0.4, -0.2) is 33.2 Å². The van der Waals surface area contributed by atoms with Crippen LogP contribution in [0.15, 0.2) is 16.7 Å². The summed E-state index contributed by atoms with van der Waals surface area (Å²) in [5.41, 5.74) is 6.11. The summed E-state index contributed by atoms with van der Waals surface area (Å²) in [7, 11) is 0. The van der Waals surface area contributed by atoms with Crippen molar-refractivity contribution in [2.45, 2.75) is 13.0 Å². The number of nitrogens with one attached hydrogen (secondary N) is 1. The Bertz CT molecular complexity index is 599. The van der Waals surface area contributed by atoms with Crippen molar-refractivity contribution in [1.82, 2.24) is 19.9 Å². The second kappa shape index (κ2) is 4.89. The molecule has 0 saturated carbocycles. The van der Waals surface area contributed by atoms with Crippen molar-refractivity contribution in [2.24, 2.45) is 0 Å². The van der Waals surface area contributed by atoms with Crippen molar-refractivity contribution in [3.8, 4) is 0 Å². The molecule has 0 aliphatic carbocycles. The molecule has 0 aromatic carbocycles. The maximum atomic E-state index is 12.4. The number of nitrogen functional groups attached to an aromatic ring is 1. The first-order valence-corrected chi connectivity index (χ1v) is 5.98. The highest BCUT2D eigenvalue weighted by atomic mass is 79.9. The Morgan fingerprint density at radius 3 is 3.11 bits per heavy atom. The molecule has 1 atom stereocenters. The first kappa shape index (κ1) is 12.7. The van der Waals surface area contributed by atoms with Crippen molar-refractivity contribution in [1.29, 1.82) is 0 Å². The number of hydrogen-bond acceptors (Lipinski definition) is 4. The Kier molecular flexibility index (Phi) is 3.46. The van der Waals surface area contributed by atoms with Crippen LogP contribution in [0.2, 0.25) is 0 Å². The van der Waals surface area contributed by atoms with Crippen LogP contribution < -0.4 is 11.1 Å². The number of nitrogens with zero attached hydrogens (tertiary/aromatic N) is 3. The van der Waals surface area contributed by atoms with E-state index in [2.05, 4.69) is 31.3 Å². The fourth-order valence-corrected chi connectivity index (χ4v) is 1.90. The topological polar surface area (TPSA) is 85.3 Å². The van der Waals surface area contributed by atoms with Crippen molar-refractivity contribution >= 4 is 33.4 Å². The van der Waals surface area contributed by atoms with Crippen LogP contribution in [0.4, 0.5) is 10.3 Å². The molecule has 96 valence electrons. The van der Waals surface area contributed by atoms with Crippen LogP contribution in [0, 0.1) is 0 Å². The van der Waals surface area contributed by atoms with Gasteiger partial charge in [-0.2, -0.15) is 4.98 Å². The van der Waals surface area contributed by atoms with E-state index in [0.717, 1.165) is 0 Å². The molecule has 2 aromatic heterocycles. The van der Waals surface area contributed by atoms with Gasteiger partial charge in [0.1, 0.15) is 6.67 Å². The van der Waals surface area contributed by atoms with Crippen molar-refractivity contribution in [2.75, 3.05) is 12.4 Å². The molecule has 0 fully saturated rings. The number of hydrogen-bond donors (Lipinski definition) is 2. The average Bonchev–Trinajstić information content (AvgIpc) is 2.67. The molecule has 2 aromatic rings. The first-order chi connectivity index (χ1) is 8.51. The summed E-state index contributed by atoms with van der Waals surface area (Å²) < 4.78 is 14.4. The molecule has 2 heterocycles. The van der Waals surface area contributed by atoms with Gasteiger partial charge in [0.05, 0.1) is 11.6 Å². The SMILES string of the molecule is CC(CF)NC(=O)c1cc(Br)cn2nc(N)nc12. The van der Waals surface area contributed by atoms with Gasteiger partial charge in [-0.15, -0.1) is 5.10 Å². The molecular formula is C10H11BrFN5O. The molecular weight excluding hydrogens is 305 g/mol. The van der Waals surface area contributed by atoms with E-state index in [4.69, 9.17) is 5.73 Å². The van der Waals surface area contributed by atoms with Gasteiger partial charge in [0.2, 0.25) is 5.95 Å². The molecule has 0 aliphatic heterocycles. The highest BCUT2D eigenvalue weighted by molar-refractivity contribution is 9.10. The van der Waals surface area contributed by atoms with E-state index in [1.165, 1.54) is 4.52 Å². The molecule has 0 radical (unpaired) electrons. The quantitative estimate of drug-likeness (QED) is 0.890. The van der Waals surface area contributed by atoms with Gasteiger partial charge >= 0.3 is 0 Å². The summed E-state index contributed by atoms with van der Waals surface area (Å²) in [4.78, 5) is 15.9.